The average Bonchev–Trinajstić information content (AvgIpc) is 3.46. The number of rotatable bonds is 4. The zero-order valence-corrected chi connectivity index (χ0v) is 23.5. The molecule has 0 saturated carbocycles. The first kappa shape index (κ1) is 24.0. The summed E-state index contributed by atoms with van der Waals surface area (Å²) in [5, 5.41) is 6.26. The molecule has 2 aliphatic carbocycles. The van der Waals surface area contributed by atoms with E-state index in [1.54, 1.807) is 0 Å². The van der Waals surface area contributed by atoms with Gasteiger partial charge >= 0.3 is 0 Å². The van der Waals surface area contributed by atoms with Crippen LogP contribution in [0.25, 0.3) is 49.8 Å². The maximum Gasteiger partial charge on any atom is 0.0538 e. The molecule has 0 aliphatic heterocycles. The summed E-state index contributed by atoms with van der Waals surface area (Å²) in [6.45, 7) is 4.65. The molecule has 0 atom stereocenters. The van der Waals surface area contributed by atoms with E-state index >= 15 is 0 Å². The topological polar surface area (TPSA) is 17.0 Å². The van der Waals surface area contributed by atoms with E-state index in [9.17, 15) is 0 Å². The normalized spacial score (nSPS) is 15.1. The van der Waals surface area contributed by atoms with Gasteiger partial charge in [-0.05, 0) is 94.8 Å². The molecule has 2 nitrogen and oxygen atoms in total. The summed E-state index contributed by atoms with van der Waals surface area (Å²) in [6.07, 6.45) is 8.85. The minimum absolute atomic E-state index is 0.000532. The second kappa shape index (κ2) is 9.11. The Bertz CT molecular complexity index is 2030. The van der Waals surface area contributed by atoms with Crippen molar-refractivity contribution in [2.45, 2.75) is 32.1 Å². The lowest BCUT2D eigenvalue weighted by atomic mass is 9.82. The van der Waals surface area contributed by atoms with Crippen LogP contribution in [0.5, 0.6) is 0 Å². The first-order valence-corrected chi connectivity index (χ1v) is 14.6. The van der Waals surface area contributed by atoms with Crippen molar-refractivity contribution in [3.8, 4) is 22.3 Å². The van der Waals surface area contributed by atoms with Crippen molar-refractivity contribution in [1.82, 2.24) is 4.57 Å². The first-order valence-electron chi connectivity index (χ1n) is 14.6. The van der Waals surface area contributed by atoms with E-state index in [4.69, 9.17) is 0 Å². The second-order valence-electron chi connectivity index (χ2n) is 11.8. The molecule has 0 spiro atoms. The molecular weight excluding hydrogens is 496 g/mol. The van der Waals surface area contributed by atoms with Crippen LogP contribution in [0.3, 0.4) is 0 Å². The molecule has 1 aromatic heterocycles. The lowest BCUT2D eigenvalue weighted by molar-refractivity contribution is 0.660. The highest BCUT2D eigenvalue weighted by Gasteiger charge is 2.35. The highest BCUT2D eigenvalue weighted by Crippen LogP contribution is 2.49. The van der Waals surface area contributed by atoms with Crippen molar-refractivity contribution in [3.63, 3.8) is 0 Å². The molecule has 0 unspecified atom stereocenters. The molecule has 0 radical (unpaired) electrons. The molecule has 1 N–H and O–H groups in total. The van der Waals surface area contributed by atoms with Crippen LogP contribution in [0.15, 0.2) is 127 Å². The van der Waals surface area contributed by atoms with Crippen molar-refractivity contribution in [2.24, 2.45) is 0 Å². The van der Waals surface area contributed by atoms with Crippen LogP contribution < -0.4 is 5.32 Å². The third kappa shape index (κ3) is 3.78. The monoisotopic (exact) mass is 528 g/mol. The Morgan fingerprint density at radius 1 is 0.634 bits per heavy atom. The summed E-state index contributed by atoms with van der Waals surface area (Å²) in [5.41, 5.74) is 14.1. The Kier molecular flexibility index (Phi) is 5.33. The predicted octanol–water partition coefficient (Wildman–Crippen LogP) is 10.7. The van der Waals surface area contributed by atoms with E-state index in [-0.39, 0.29) is 5.41 Å². The van der Waals surface area contributed by atoms with E-state index in [1.165, 1.54) is 60.9 Å². The molecule has 2 heteroatoms. The summed E-state index contributed by atoms with van der Waals surface area (Å²) in [6, 6.07) is 40.1. The Balaban J connectivity index is 1.11. The van der Waals surface area contributed by atoms with Gasteiger partial charge in [0, 0.05) is 33.3 Å². The standard InChI is InChI=1S/C39H32N2/c1-39(2)35-14-8-6-12-31(35)32-22-21-29(25-36(32)39)40-28-19-16-26(17-20-28)27-18-23-38-34(24-27)33-13-7-9-15-37(33)41(38)30-10-4-3-5-11-30/h3-4,6-10,12-25,40H,5,11H2,1-2H3. The first-order chi connectivity index (χ1) is 20.1. The van der Waals surface area contributed by atoms with Crippen LogP contribution in [0.4, 0.5) is 11.4 Å². The van der Waals surface area contributed by atoms with Gasteiger partial charge < -0.3 is 9.88 Å². The van der Waals surface area contributed by atoms with Crippen LogP contribution in [-0.2, 0) is 5.41 Å². The summed E-state index contributed by atoms with van der Waals surface area (Å²) in [4.78, 5) is 0. The highest BCUT2D eigenvalue weighted by molar-refractivity contribution is 6.11. The van der Waals surface area contributed by atoms with Gasteiger partial charge in [-0.3, -0.25) is 0 Å². The van der Waals surface area contributed by atoms with Crippen LogP contribution in [0, 0.1) is 0 Å². The van der Waals surface area contributed by atoms with E-state index in [0.717, 1.165) is 24.2 Å². The summed E-state index contributed by atoms with van der Waals surface area (Å²) in [5.74, 6) is 0. The van der Waals surface area contributed by atoms with Crippen molar-refractivity contribution in [1.29, 1.82) is 0 Å². The second-order valence-corrected chi connectivity index (χ2v) is 11.8. The van der Waals surface area contributed by atoms with Gasteiger partial charge in [-0.25, -0.2) is 0 Å². The molecular formula is C39H32N2. The van der Waals surface area contributed by atoms with Crippen LogP contribution in [0.1, 0.15) is 37.8 Å². The largest absolute Gasteiger partial charge is 0.356 e. The van der Waals surface area contributed by atoms with Crippen molar-refractivity contribution in [2.75, 3.05) is 5.32 Å². The van der Waals surface area contributed by atoms with Crippen LogP contribution in [-0.4, -0.2) is 4.57 Å². The molecule has 2 aliphatic rings. The molecule has 198 valence electrons. The Morgan fingerprint density at radius 3 is 2.22 bits per heavy atom. The number of nitrogens with one attached hydrogen (secondary N) is 1. The minimum atomic E-state index is -0.000532. The SMILES string of the molecule is CC1(C)c2ccccc2-c2ccc(Nc3ccc(-c4ccc5c(c4)c4ccccc4n5C4=CC=CCC4)cc3)cc21. The smallest absolute Gasteiger partial charge is 0.0538 e. The fraction of sp³-hybridized carbons (Fsp3) is 0.128. The number of anilines is 2. The predicted molar refractivity (Wildman–Crippen MR) is 175 cm³/mol. The zero-order valence-electron chi connectivity index (χ0n) is 23.5. The number of fused-ring (bicyclic) bond motifs is 6. The van der Waals surface area contributed by atoms with Crippen molar-refractivity contribution < 1.29 is 0 Å². The Hall–Kier alpha value is -4.82. The maximum absolute atomic E-state index is 3.66. The van der Waals surface area contributed by atoms with Gasteiger partial charge in [0.2, 0.25) is 0 Å². The summed E-state index contributed by atoms with van der Waals surface area (Å²) >= 11 is 0. The molecule has 0 bridgehead atoms. The Morgan fingerprint density at radius 2 is 1.37 bits per heavy atom. The van der Waals surface area contributed by atoms with Gasteiger partial charge in [0.25, 0.3) is 0 Å². The fourth-order valence-corrected chi connectivity index (χ4v) is 6.93. The van der Waals surface area contributed by atoms with Crippen LogP contribution >= 0.6 is 0 Å². The molecule has 0 amide bonds. The van der Waals surface area contributed by atoms with Gasteiger partial charge in [0.05, 0.1) is 11.0 Å². The lowest BCUT2D eigenvalue weighted by Gasteiger charge is -2.22. The van der Waals surface area contributed by atoms with E-state index in [2.05, 4.69) is 151 Å². The minimum Gasteiger partial charge on any atom is -0.356 e. The third-order valence-electron chi connectivity index (χ3n) is 9.04. The number of nitrogens with zero attached hydrogens (tertiary/aromatic N) is 1. The van der Waals surface area contributed by atoms with Gasteiger partial charge in [-0.1, -0.05) is 92.7 Å². The maximum atomic E-state index is 3.66. The molecule has 6 aromatic rings. The van der Waals surface area contributed by atoms with E-state index in [1.807, 2.05) is 0 Å². The number of hydrogen-bond acceptors (Lipinski definition) is 1. The average molecular weight is 529 g/mol. The van der Waals surface area contributed by atoms with Crippen molar-refractivity contribution >= 4 is 38.9 Å². The van der Waals surface area contributed by atoms with E-state index < -0.39 is 0 Å². The third-order valence-corrected chi connectivity index (χ3v) is 9.04. The number of benzene rings is 5. The fourth-order valence-electron chi connectivity index (χ4n) is 6.93. The van der Waals surface area contributed by atoms with Gasteiger partial charge in [0.15, 0.2) is 0 Å². The number of aromatic nitrogens is 1. The van der Waals surface area contributed by atoms with Gasteiger partial charge in [-0.15, -0.1) is 0 Å². The molecule has 5 aromatic carbocycles. The molecule has 0 fully saturated rings. The highest BCUT2D eigenvalue weighted by atomic mass is 15.0. The summed E-state index contributed by atoms with van der Waals surface area (Å²) < 4.78 is 2.45. The molecule has 0 saturated heterocycles. The quantitative estimate of drug-likeness (QED) is 0.241. The number of allylic oxidation sites excluding steroid dienone is 4. The van der Waals surface area contributed by atoms with E-state index in [0.29, 0.717) is 0 Å². The van der Waals surface area contributed by atoms with Crippen LogP contribution in [0.2, 0.25) is 0 Å². The molecule has 1 heterocycles. The van der Waals surface area contributed by atoms with Gasteiger partial charge in [-0.2, -0.15) is 0 Å². The van der Waals surface area contributed by atoms with Crippen molar-refractivity contribution in [3.05, 3.63) is 139 Å². The Labute approximate surface area is 241 Å². The number of para-hydroxylation sites is 1. The van der Waals surface area contributed by atoms with Gasteiger partial charge in [0.1, 0.15) is 0 Å². The lowest BCUT2D eigenvalue weighted by Crippen LogP contribution is -2.15. The summed E-state index contributed by atoms with van der Waals surface area (Å²) in [7, 11) is 0. The molecule has 41 heavy (non-hydrogen) atoms. The zero-order chi connectivity index (χ0) is 27.6. The number of hydrogen-bond donors (Lipinski definition) is 1. The molecule has 8 rings (SSSR count).